The Labute approximate surface area is 108 Å². The predicted octanol–water partition coefficient (Wildman–Crippen LogP) is 3.66. The summed E-state index contributed by atoms with van der Waals surface area (Å²) in [4.78, 5) is 11.7. The van der Waals surface area contributed by atoms with Crippen molar-refractivity contribution in [2.75, 3.05) is 5.73 Å². The molecule has 3 heteroatoms. The van der Waals surface area contributed by atoms with Crippen LogP contribution in [0.1, 0.15) is 38.3 Å². The molecule has 0 spiro atoms. The molecule has 2 N–H and O–H groups in total. The second kappa shape index (κ2) is 6.24. The van der Waals surface area contributed by atoms with Gasteiger partial charge in [0.2, 0.25) is 0 Å². The Morgan fingerprint density at radius 2 is 1.94 bits per heavy atom. The zero-order chi connectivity index (χ0) is 13.7. The maximum absolute atomic E-state index is 11.7. The van der Waals surface area contributed by atoms with Gasteiger partial charge in [-0.3, -0.25) is 0 Å². The molecule has 0 bridgehead atoms. The maximum atomic E-state index is 11.7. The Balaban J connectivity index is 0.000000771. The first kappa shape index (κ1) is 14.3. The van der Waals surface area contributed by atoms with Gasteiger partial charge in [0.25, 0.3) is 0 Å². The first-order valence-corrected chi connectivity index (χ1v) is 6.45. The van der Waals surface area contributed by atoms with E-state index in [1.54, 1.807) is 6.07 Å². The molecule has 0 saturated heterocycles. The molecule has 0 radical (unpaired) electrons. The molecule has 0 unspecified atom stereocenters. The molecule has 98 valence electrons. The van der Waals surface area contributed by atoms with Crippen LogP contribution < -0.4 is 11.4 Å². The highest BCUT2D eigenvalue weighted by Crippen LogP contribution is 2.22. The molecular formula is C15H21NO2. The summed E-state index contributed by atoms with van der Waals surface area (Å²) in [7, 11) is 0. The van der Waals surface area contributed by atoms with Gasteiger partial charge < -0.3 is 10.2 Å². The molecule has 0 fully saturated rings. The third-order valence-corrected chi connectivity index (χ3v) is 2.81. The molecule has 1 aromatic heterocycles. The van der Waals surface area contributed by atoms with Crippen molar-refractivity contribution in [3.05, 3.63) is 39.7 Å². The van der Waals surface area contributed by atoms with Crippen LogP contribution in [0.4, 0.5) is 5.69 Å². The molecule has 0 aliphatic heterocycles. The van der Waals surface area contributed by atoms with Crippen molar-refractivity contribution < 1.29 is 4.42 Å². The zero-order valence-electron chi connectivity index (χ0n) is 11.5. The van der Waals surface area contributed by atoms with Gasteiger partial charge in [-0.05, 0) is 31.0 Å². The van der Waals surface area contributed by atoms with E-state index in [1.165, 1.54) is 0 Å². The Bertz CT molecular complexity index is 585. The van der Waals surface area contributed by atoms with Gasteiger partial charge in [0.15, 0.2) is 0 Å². The smallest absolute Gasteiger partial charge is 0.339 e. The van der Waals surface area contributed by atoms with Crippen molar-refractivity contribution in [3.8, 4) is 0 Å². The minimum Gasteiger partial charge on any atom is -0.422 e. The molecule has 2 rings (SSSR count). The summed E-state index contributed by atoms with van der Waals surface area (Å²) >= 11 is 0. The summed E-state index contributed by atoms with van der Waals surface area (Å²) in [6.07, 6.45) is 1.70. The van der Waals surface area contributed by atoms with Gasteiger partial charge in [-0.15, -0.1) is 0 Å². The first-order valence-electron chi connectivity index (χ1n) is 6.45. The monoisotopic (exact) mass is 247 g/mol. The minimum absolute atomic E-state index is 0.238. The molecule has 0 saturated carbocycles. The van der Waals surface area contributed by atoms with E-state index in [2.05, 4.69) is 0 Å². The minimum atomic E-state index is -0.238. The summed E-state index contributed by atoms with van der Waals surface area (Å²) < 4.78 is 5.27. The third-order valence-electron chi connectivity index (χ3n) is 2.81. The third kappa shape index (κ3) is 2.73. The Morgan fingerprint density at radius 1 is 1.28 bits per heavy atom. The number of nitrogen functional groups attached to an aromatic ring is 1. The molecule has 2 aromatic rings. The van der Waals surface area contributed by atoms with Crippen molar-refractivity contribution in [2.45, 2.75) is 40.5 Å². The number of hydrogen-bond acceptors (Lipinski definition) is 3. The van der Waals surface area contributed by atoms with Crippen LogP contribution in [-0.2, 0) is 6.42 Å². The van der Waals surface area contributed by atoms with Crippen LogP contribution in [0.3, 0.4) is 0 Å². The summed E-state index contributed by atoms with van der Waals surface area (Å²) in [5, 5.41) is 0.970. The Kier molecular flexibility index (Phi) is 4.95. The van der Waals surface area contributed by atoms with E-state index in [0.29, 0.717) is 11.3 Å². The van der Waals surface area contributed by atoms with Gasteiger partial charge in [0.05, 0.1) is 0 Å². The molecule has 0 atom stereocenters. The summed E-state index contributed by atoms with van der Waals surface area (Å²) in [6.45, 7) is 8.01. The first-order chi connectivity index (χ1) is 8.63. The van der Waals surface area contributed by atoms with Gasteiger partial charge in [-0.25, -0.2) is 4.79 Å². The highest BCUT2D eigenvalue weighted by Gasteiger charge is 2.10. The van der Waals surface area contributed by atoms with Crippen molar-refractivity contribution in [3.63, 3.8) is 0 Å². The standard InChI is InChI=1S/C13H15NO2.C2H6/c1-3-4-11-8(2)10-6-5-9(14)7-12(10)16-13(11)15;1-2/h5-7H,3-4,14H2,1-2H3;1-2H3. The molecule has 1 heterocycles. The van der Waals surface area contributed by atoms with Crippen LogP contribution in [0.5, 0.6) is 0 Å². The van der Waals surface area contributed by atoms with E-state index in [1.807, 2.05) is 39.8 Å². The second-order valence-electron chi connectivity index (χ2n) is 4.00. The highest BCUT2D eigenvalue weighted by molar-refractivity contribution is 5.83. The second-order valence-corrected chi connectivity index (χ2v) is 4.00. The number of rotatable bonds is 2. The summed E-state index contributed by atoms with van der Waals surface area (Å²) in [6, 6.07) is 5.42. The fourth-order valence-corrected chi connectivity index (χ4v) is 1.95. The van der Waals surface area contributed by atoms with Gasteiger partial charge in [-0.2, -0.15) is 0 Å². The average molecular weight is 247 g/mol. The molecule has 0 aliphatic carbocycles. The maximum Gasteiger partial charge on any atom is 0.339 e. The van der Waals surface area contributed by atoms with Crippen LogP contribution in [-0.4, -0.2) is 0 Å². The topological polar surface area (TPSA) is 56.2 Å². The van der Waals surface area contributed by atoms with Crippen LogP contribution in [0, 0.1) is 6.92 Å². The van der Waals surface area contributed by atoms with Crippen molar-refractivity contribution >= 4 is 16.7 Å². The fraction of sp³-hybridized carbons (Fsp3) is 0.400. The Hall–Kier alpha value is -1.77. The highest BCUT2D eigenvalue weighted by atomic mass is 16.4. The zero-order valence-corrected chi connectivity index (χ0v) is 11.5. The molecule has 3 nitrogen and oxygen atoms in total. The van der Waals surface area contributed by atoms with E-state index in [4.69, 9.17) is 10.2 Å². The summed E-state index contributed by atoms with van der Waals surface area (Å²) in [5.74, 6) is 0. The number of aryl methyl sites for hydroxylation is 1. The lowest BCUT2D eigenvalue weighted by Gasteiger charge is -2.06. The lowest BCUT2D eigenvalue weighted by atomic mass is 10.0. The molecule has 0 aliphatic rings. The largest absolute Gasteiger partial charge is 0.422 e. The lowest BCUT2D eigenvalue weighted by Crippen LogP contribution is -2.10. The number of nitrogens with two attached hydrogens (primary N) is 1. The number of benzene rings is 1. The van der Waals surface area contributed by atoms with Gasteiger partial charge in [0.1, 0.15) is 5.58 Å². The molecule has 18 heavy (non-hydrogen) atoms. The normalized spacial score (nSPS) is 10.0. The summed E-state index contributed by atoms with van der Waals surface area (Å²) in [5.41, 5.74) is 8.39. The van der Waals surface area contributed by atoms with Crippen LogP contribution in [0.2, 0.25) is 0 Å². The predicted molar refractivity (Wildman–Crippen MR) is 77.0 cm³/mol. The molecule has 0 amide bonds. The van der Waals surface area contributed by atoms with Gasteiger partial charge in [0, 0.05) is 22.7 Å². The van der Waals surface area contributed by atoms with Crippen LogP contribution in [0.25, 0.3) is 11.0 Å². The van der Waals surface area contributed by atoms with E-state index in [0.717, 1.165) is 29.4 Å². The number of hydrogen-bond donors (Lipinski definition) is 1. The van der Waals surface area contributed by atoms with E-state index < -0.39 is 0 Å². The quantitative estimate of drug-likeness (QED) is 0.650. The lowest BCUT2D eigenvalue weighted by molar-refractivity contribution is 0.547. The van der Waals surface area contributed by atoms with Gasteiger partial charge in [-0.1, -0.05) is 27.2 Å². The van der Waals surface area contributed by atoms with Crippen molar-refractivity contribution in [1.82, 2.24) is 0 Å². The number of fused-ring (bicyclic) bond motifs is 1. The van der Waals surface area contributed by atoms with Crippen molar-refractivity contribution in [1.29, 1.82) is 0 Å². The Morgan fingerprint density at radius 3 is 2.56 bits per heavy atom. The SMILES string of the molecule is CC.CCCc1c(C)c2ccc(N)cc2oc1=O. The van der Waals surface area contributed by atoms with Gasteiger partial charge >= 0.3 is 5.63 Å². The average Bonchev–Trinajstić information content (AvgIpc) is 2.36. The number of anilines is 1. The molecule has 1 aromatic carbocycles. The van der Waals surface area contributed by atoms with Crippen molar-refractivity contribution in [2.24, 2.45) is 0 Å². The molecular weight excluding hydrogens is 226 g/mol. The van der Waals surface area contributed by atoms with E-state index >= 15 is 0 Å². The van der Waals surface area contributed by atoms with E-state index in [-0.39, 0.29) is 5.63 Å². The van der Waals surface area contributed by atoms with E-state index in [9.17, 15) is 4.79 Å². The fourth-order valence-electron chi connectivity index (χ4n) is 1.95. The van der Waals surface area contributed by atoms with Crippen LogP contribution in [0.15, 0.2) is 27.4 Å². The van der Waals surface area contributed by atoms with Crippen LogP contribution >= 0.6 is 0 Å².